The molecular weight excluding hydrogens is 601 g/mol. The average Bonchev–Trinajstić information content (AvgIpc) is 3.03. The lowest BCUT2D eigenvalue weighted by molar-refractivity contribution is -0.137. The van der Waals surface area contributed by atoms with E-state index in [-0.39, 0.29) is 36.9 Å². The maximum absolute atomic E-state index is 12.9. The summed E-state index contributed by atoms with van der Waals surface area (Å²) in [7, 11) is 0. The monoisotopic (exact) mass is 638 g/mol. The zero-order valence-corrected chi connectivity index (χ0v) is 25.9. The van der Waals surface area contributed by atoms with Crippen molar-refractivity contribution in [2.75, 3.05) is 19.7 Å². The van der Waals surface area contributed by atoms with E-state index in [1.807, 2.05) is 79.7 Å². The molecule has 0 aliphatic rings. The summed E-state index contributed by atoms with van der Waals surface area (Å²) in [4.78, 5) is 25.3. The molecule has 0 aliphatic heterocycles. The van der Waals surface area contributed by atoms with Crippen molar-refractivity contribution < 1.29 is 27.5 Å². The summed E-state index contributed by atoms with van der Waals surface area (Å²) in [6.45, 7) is 2.85. The average molecular weight is 639 g/mol. The Labute approximate surface area is 268 Å². The van der Waals surface area contributed by atoms with Crippen LogP contribution in [-0.4, -0.2) is 37.6 Å². The minimum absolute atomic E-state index is 0. The van der Waals surface area contributed by atoms with Gasteiger partial charge in [0.05, 0.1) is 11.1 Å². The molecule has 45 heavy (non-hydrogen) atoms. The third kappa shape index (κ3) is 11.4. The van der Waals surface area contributed by atoms with E-state index in [0.29, 0.717) is 43.5 Å². The van der Waals surface area contributed by atoms with E-state index in [0.717, 1.165) is 28.8 Å². The van der Waals surface area contributed by atoms with E-state index in [1.165, 1.54) is 6.07 Å². The number of carbonyl (C=O) groups is 2. The molecule has 0 saturated carbocycles. The summed E-state index contributed by atoms with van der Waals surface area (Å²) in [5.41, 5.74) is 3.51. The standard InChI is InChI=1S/C36H37F3N2O3.ClH/c1-26(23-28-9-8-14-32(24-28)36(37,38)39)40-21-22-44-35(43)31-17-15-27(16-18-31)19-20-41-34(42)25-33(29-10-4-2-5-11-29)30-12-6-3-7-13-30;/h2-18,24,26,33,40H,19-23,25H2,1H3,(H,41,42);1H. The topological polar surface area (TPSA) is 67.4 Å². The second-order valence-corrected chi connectivity index (χ2v) is 10.8. The first-order valence-corrected chi connectivity index (χ1v) is 14.7. The molecule has 5 nitrogen and oxygen atoms in total. The highest BCUT2D eigenvalue weighted by molar-refractivity contribution is 5.89. The Balaban J connectivity index is 0.00000552. The Morgan fingerprint density at radius 3 is 2.00 bits per heavy atom. The first kappa shape index (κ1) is 35.3. The van der Waals surface area contributed by atoms with Gasteiger partial charge in [0, 0.05) is 31.5 Å². The van der Waals surface area contributed by atoms with Crippen LogP contribution in [0.3, 0.4) is 0 Å². The van der Waals surface area contributed by atoms with Gasteiger partial charge in [-0.25, -0.2) is 4.79 Å². The van der Waals surface area contributed by atoms with Crippen LogP contribution < -0.4 is 10.6 Å². The van der Waals surface area contributed by atoms with Gasteiger partial charge in [-0.05, 0) is 60.2 Å². The molecule has 1 atom stereocenters. The fourth-order valence-electron chi connectivity index (χ4n) is 5.04. The first-order chi connectivity index (χ1) is 21.2. The molecule has 9 heteroatoms. The highest BCUT2D eigenvalue weighted by Crippen LogP contribution is 2.30. The lowest BCUT2D eigenvalue weighted by Crippen LogP contribution is -2.31. The van der Waals surface area contributed by atoms with Crippen LogP contribution in [0.25, 0.3) is 0 Å². The van der Waals surface area contributed by atoms with Crippen LogP contribution in [0.5, 0.6) is 0 Å². The number of hydrogen-bond donors (Lipinski definition) is 2. The number of ether oxygens (including phenoxy) is 1. The molecule has 0 saturated heterocycles. The fraction of sp³-hybridized carbons (Fsp3) is 0.278. The zero-order valence-electron chi connectivity index (χ0n) is 25.1. The van der Waals surface area contributed by atoms with Crippen LogP contribution in [0.2, 0.25) is 0 Å². The lowest BCUT2D eigenvalue weighted by atomic mass is 9.88. The van der Waals surface area contributed by atoms with Crippen molar-refractivity contribution in [3.63, 3.8) is 0 Å². The van der Waals surface area contributed by atoms with Crippen molar-refractivity contribution in [1.29, 1.82) is 0 Å². The van der Waals surface area contributed by atoms with Crippen molar-refractivity contribution >= 4 is 24.3 Å². The summed E-state index contributed by atoms with van der Waals surface area (Å²) >= 11 is 0. The van der Waals surface area contributed by atoms with Crippen molar-refractivity contribution in [3.8, 4) is 0 Å². The second-order valence-electron chi connectivity index (χ2n) is 10.8. The minimum Gasteiger partial charge on any atom is -0.461 e. The predicted octanol–water partition coefficient (Wildman–Crippen LogP) is 7.39. The number of alkyl halides is 3. The van der Waals surface area contributed by atoms with E-state index in [4.69, 9.17) is 4.74 Å². The van der Waals surface area contributed by atoms with Crippen LogP contribution >= 0.6 is 12.4 Å². The lowest BCUT2D eigenvalue weighted by Gasteiger charge is -2.18. The van der Waals surface area contributed by atoms with E-state index < -0.39 is 17.7 Å². The van der Waals surface area contributed by atoms with Gasteiger partial charge in [0.2, 0.25) is 5.91 Å². The number of rotatable bonds is 14. The van der Waals surface area contributed by atoms with Gasteiger partial charge in [-0.2, -0.15) is 13.2 Å². The maximum Gasteiger partial charge on any atom is 0.416 e. The fourth-order valence-corrected chi connectivity index (χ4v) is 5.04. The smallest absolute Gasteiger partial charge is 0.416 e. The number of amides is 1. The Morgan fingerprint density at radius 1 is 0.778 bits per heavy atom. The molecule has 0 spiro atoms. The molecule has 4 rings (SSSR count). The summed E-state index contributed by atoms with van der Waals surface area (Å²) in [5, 5.41) is 6.19. The minimum atomic E-state index is -4.37. The Kier molecular flexibility index (Phi) is 13.6. The Morgan fingerprint density at radius 2 is 1.40 bits per heavy atom. The van der Waals surface area contributed by atoms with Gasteiger partial charge in [0.25, 0.3) is 0 Å². The van der Waals surface area contributed by atoms with Gasteiger partial charge in [0.1, 0.15) is 6.61 Å². The summed E-state index contributed by atoms with van der Waals surface area (Å²) in [6, 6.07) is 32.3. The van der Waals surface area contributed by atoms with Crippen molar-refractivity contribution in [2.45, 2.75) is 44.3 Å². The number of benzene rings is 4. The molecule has 0 bridgehead atoms. The molecular formula is C36H38ClF3N2O3. The summed E-state index contributed by atoms with van der Waals surface area (Å²) in [6.07, 6.45) is -2.99. The maximum atomic E-state index is 12.9. The van der Waals surface area contributed by atoms with Crippen LogP contribution in [0.4, 0.5) is 13.2 Å². The van der Waals surface area contributed by atoms with Gasteiger partial charge < -0.3 is 15.4 Å². The molecule has 238 valence electrons. The highest BCUT2D eigenvalue weighted by atomic mass is 35.5. The normalized spacial score (nSPS) is 11.8. The molecule has 1 unspecified atom stereocenters. The van der Waals surface area contributed by atoms with Crippen LogP contribution in [0.1, 0.15) is 57.4 Å². The molecule has 0 heterocycles. The third-order valence-electron chi connectivity index (χ3n) is 7.34. The third-order valence-corrected chi connectivity index (χ3v) is 7.34. The predicted molar refractivity (Wildman–Crippen MR) is 173 cm³/mol. The first-order valence-electron chi connectivity index (χ1n) is 14.7. The number of esters is 1. The van der Waals surface area contributed by atoms with E-state index >= 15 is 0 Å². The van der Waals surface area contributed by atoms with E-state index in [2.05, 4.69) is 10.6 Å². The number of carbonyl (C=O) groups excluding carboxylic acids is 2. The largest absolute Gasteiger partial charge is 0.461 e. The highest BCUT2D eigenvalue weighted by Gasteiger charge is 2.30. The van der Waals surface area contributed by atoms with Crippen LogP contribution in [-0.2, 0) is 28.5 Å². The summed E-state index contributed by atoms with van der Waals surface area (Å²) in [5.74, 6) is -0.512. The molecule has 2 N–H and O–H groups in total. The number of nitrogens with one attached hydrogen (secondary N) is 2. The molecule has 0 fully saturated rings. The molecule has 4 aromatic carbocycles. The van der Waals surface area contributed by atoms with Crippen LogP contribution in [0.15, 0.2) is 109 Å². The molecule has 0 radical (unpaired) electrons. The van der Waals surface area contributed by atoms with Gasteiger partial charge in [-0.1, -0.05) is 91.0 Å². The number of halogens is 4. The van der Waals surface area contributed by atoms with Gasteiger partial charge in [-0.3, -0.25) is 4.79 Å². The van der Waals surface area contributed by atoms with Gasteiger partial charge in [-0.15, -0.1) is 12.4 Å². The van der Waals surface area contributed by atoms with Crippen molar-refractivity contribution in [2.24, 2.45) is 0 Å². The van der Waals surface area contributed by atoms with Crippen molar-refractivity contribution in [3.05, 3.63) is 143 Å². The van der Waals surface area contributed by atoms with Crippen molar-refractivity contribution in [1.82, 2.24) is 10.6 Å². The Hall–Kier alpha value is -4.14. The van der Waals surface area contributed by atoms with Gasteiger partial charge >= 0.3 is 12.1 Å². The molecule has 4 aromatic rings. The van der Waals surface area contributed by atoms with E-state index in [1.54, 1.807) is 18.2 Å². The quantitative estimate of drug-likeness (QED) is 0.112. The zero-order chi connectivity index (χ0) is 31.4. The SMILES string of the molecule is CC(Cc1cccc(C(F)(F)F)c1)NCCOC(=O)c1ccc(CCNC(=O)CC(c2ccccc2)c2ccccc2)cc1.Cl. The Bertz CT molecular complexity index is 1440. The molecule has 1 amide bonds. The summed E-state index contributed by atoms with van der Waals surface area (Å²) < 4.78 is 44.1. The van der Waals surface area contributed by atoms with Gasteiger partial charge in [0.15, 0.2) is 0 Å². The number of hydrogen-bond acceptors (Lipinski definition) is 4. The molecule has 0 aromatic heterocycles. The van der Waals surface area contributed by atoms with E-state index in [9.17, 15) is 22.8 Å². The van der Waals surface area contributed by atoms with Crippen LogP contribution in [0, 0.1) is 0 Å². The molecule has 0 aliphatic carbocycles. The second kappa shape index (κ2) is 17.4.